The lowest BCUT2D eigenvalue weighted by Gasteiger charge is -2.59. The highest BCUT2D eigenvalue weighted by atomic mass is 16.5. The van der Waals surface area contributed by atoms with Crippen LogP contribution in [-0.4, -0.2) is 34.6 Å². The van der Waals surface area contributed by atoms with E-state index in [1.54, 1.807) is 18.0 Å². The fourth-order valence-corrected chi connectivity index (χ4v) is 2.68. The van der Waals surface area contributed by atoms with Crippen LogP contribution in [0.3, 0.4) is 0 Å². The zero-order valence-corrected chi connectivity index (χ0v) is 12.9. The third-order valence-corrected chi connectivity index (χ3v) is 4.80. The molecule has 1 saturated carbocycles. The molecule has 1 aromatic heterocycles. The Morgan fingerprint density at radius 3 is 2.75 bits per heavy atom. The lowest BCUT2D eigenvalue weighted by atomic mass is 9.56. The van der Waals surface area contributed by atoms with Crippen LogP contribution >= 0.6 is 0 Å². The summed E-state index contributed by atoms with van der Waals surface area (Å²) in [6, 6.07) is -0.0218. The van der Waals surface area contributed by atoms with Gasteiger partial charge in [0.1, 0.15) is 0 Å². The van der Waals surface area contributed by atoms with E-state index in [1.807, 2.05) is 13.2 Å². The fraction of sp³-hybridized carbons (Fsp3) is 0.714. The lowest BCUT2D eigenvalue weighted by Crippen LogP contribution is -2.69. The Morgan fingerprint density at radius 1 is 1.55 bits per heavy atom. The van der Waals surface area contributed by atoms with E-state index in [4.69, 9.17) is 4.74 Å². The van der Waals surface area contributed by atoms with Crippen molar-refractivity contribution in [1.29, 1.82) is 0 Å². The predicted octanol–water partition coefficient (Wildman–Crippen LogP) is 1.42. The van der Waals surface area contributed by atoms with Gasteiger partial charge in [-0.2, -0.15) is 5.10 Å². The van der Waals surface area contributed by atoms with E-state index in [9.17, 15) is 4.79 Å². The van der Waals surface area contributed by atoms with Gasteiger partial charge in [-0.1, -0.05) is 13.8 Å². The number of rotatable bonds is 4. The van der Waals surface area contributed by atoms with Crippen molar-refractivity contribution in [3.05, 3.63) is 18.0 Å². The van der Waals surface area contributed by atoms with Crippen LogP contribution in [0.2, 0.25) is 0 Å². The van der Waals surface area contributed by atoms with Gasteiger partial charge in [-0.05, 0) is 13.3 Å². The Hall–Kier alpha value is -1.56. The first-order valence-electron chi connectivity index (χ1n) is 6.85. The molecule has 20 heavy (non-hydrogen) atoms. The number of aromatic nitrogens is 2. The van der Waals surface area contributed by atoms with Gasteiger partial charge in [-0.3, -0.25) is 4.68 Å². The van der Waals surface area contributed by atoms with Crippen LogP contribution in [0.15, 0.2) is 12.4 Å². The van der Waals surface area contributed by atoms with Crippen molar-refractivity contribution in [3.63, 3.8) is 0 Å². The maximum Gasteiger partial charge on any atom is 0.315 e. The average molecular weight is 280 g/mol. The topological polar surface area (TPSA) is 68.2 Å². The second kappa shape index (κ2) is 5.09. The van der Waals surface area contributed by atoms with Gasteiger partial charge in [0.15, 0.2) is 0 Å². The average Bonchev–Trinajstić information content (AvgIpc) is 2.81. The van der Waals surface area contributed by atoms with Gasteiger partial charge >= 0.3 is 6.03 Å². The van der Waals surface area contributed by atoms with Crippen LogP contribution in [0.25, 0.3) is 0 Å². The molecule has 1 fully saturated rings. The number of hydrogen-bond donors (Lipinski definition) is 2. The van der Waals surface area contributed by atoms with Crippen molar-refractivity contribution in [2.75, 3.05) is 7.11 Å². The molecule has 6 nitrogen and oxygen atoms in total. The summed E-state index contributed by atoms with van der Waals surface area (Å²) in [6.45, 7) is 6.80. The summed E-state index contributed by atoms with van der Waals surface area (Å²) in [6.07, 6.45) is 4.46. The van der Waals surface area contributed by atoms with Crippen LogP contribution in [0.5, 0.6) is 0 Å². The van der Waals surface area contributed by atoms with Gasteiger partial charge in [0, 0.05) is 43.9 Å². The van der Waals surface area contributed by atoms with Crippen molar-refractivity contribution in [1.82, 2.24) is 20.4 Å². The SMILES string of the molecule is CO[C@]1(C)C[C@H](NC(=O)NCc2cnn(C)c2)C1(C)C. The molecule has 0 aromatic carbocycles. The number of amides is 2. The third-order valence-electron chi connectivity index (χ3n) is 4.80. The predicted molar refractivity (Wildman–Crippen MR) is 76.2 cm³/mol. The molecule has 2 N–H and O–H groups in total. The molecule has 0 aliphatic heterocycles. The first-order valence-corrected chi connectivity index (χ1v) is 6.85. The summed E-state index contributed by atoms with van der Waals surface area (Å²) in [7, 11) is 3.58. The number of urea groups is 1. The van der Waals surface area contributed by atoms with Crippen LogP contribution in [0.4, 0.5) is 4.79 Å². The second-order valence-electron chi connectivity index (χ2n) is 6.26. The van der Waals surface area contributed by atoms with E-state index in [0.29, 0.717) is 6.54 Å². The Labute approximate surface area is 119 Å². The quantitative estimate of drug-likeness (QED) is 0.876. The number of aryl methyl sites for hydroxylation is 1. The van der Waals surface area contributed by atoms with Crippen LogP contribution in [0, 0.1) is 5.41 Å². The van der Waals surface area contributed by atoms with E-state index >= 15 is 0 Å². The number of carbonyl (C=O) groups excluding carboxylic acids is 1. The largest absolute Gasteiger partial charge is 0.378 e. The Bertz CT molecular complexity index is 497. The molecule has 0 spiro atoms. The van der Waals surface area contributed by atoms with Crippen molar-refractivity contribution in [3.8, 4) is 0 Å². The van der Waals surface area contributed by atoms with Crippen molar-refractivity contribution >= 4 is 6.03 Å². The second-order valence-corrected chi connectivity index (χ2v) is 6.26. The van der Waals surface area contributed by atoms with Crippen LogP contribution in [-0.2, 0) is 18.3 Å². The molecule has 1 aromatic rings. The van der Waals surface area contributed by atoms with Crippen molar-refractivity contribution in [2.45, 2.75) is 45.4 Å². The molecule has 1 heterocycles. The highest BCUT2D eigenvalue weighted by Crippen LogP contribution is 2.51. The molecule has 0 bridgehead atoms. The first-order chi connectivity index (χ1) is 9.28. The molecule has 0 unspecified atom stereocenters. The summed E-state index contributed by atoms with van der Waals surface area (Å²) in [4.78, 5) is 11.9. The minimum Gasteiger partial charge on any atom is -0.378 e. The Balaban J connectivity index is 1.81. The van der Waals surface area contributed by atoms with Gasteiger partial charge in [0.05, 0.1) is 11.8 Å². The number of ether oxygens (including phenoxy) is 1. The van der Waals surface area contributed by atoms with E-state index in [-0.39, 0.29) is 23.1 Å². The molecule has 1 aliphatic carbocycles. The molecule has 2 rings (SSSR count). The summed E-state index contributed by atoms with van der Waals surface area (Å²) in [5, 5.41) is 9.93. The normalized spacial score (nSPS) is 27.8. The van der Waals surface area contributed by atoms with Gasteiger partial charge < -0.3 is 15.4 Å². The lowest BCUT2D eigenvalue weighted by molar-refractivity contribution is -0.177. The van der Waals surface area contributed by atoms with Crippen molar-refractivity contribution < 1.29 is 9.53 Å². The summed E-state index contributed by atoms with van der Waals surface area (Å²) >= 11 is 0. The van der Waals surface area contributed by atoms with E-state index in [0.717, 1.165) is 12.0 Å². The van der Waals surface area contributed by atoms with Crippen LogP contribution in [0.1, 0.15) is 32.8 Å². The van der Waals surface area contributed by atoms with Gasteiger partial charge in [-0.25, -0.2) is 4.79 Å². The highest BCUT2D eigenvalue weighted by molar-refractivity contribution is 5.74. The zero-order chi connectivity index (χ0) is 15.0. The molecule has 1 aliphatic rings. The fourth-order valence-electron chi connectivity index (χ4n) is 2.68. The Morgan fingerprint density at radius 2 is 2.25 bits per heavy atom. The van der Waals surface area contributed by atoms with Crippen LogP contribution < -0.4 is 10.6 Å². The molecule has 2 atom stereocenters. The molecule has 6 heteroatoms. The van der Waals surface area contributed by atoms with Gasteiger partial charge in [0.25, 0.3) is 0 Å². The maximum absolute atomic E-state index is 11.9. The smallest absolute Gasteiger partial charge is 0.315 e. The highest BCUT2D eigenvalue weighted by Gasteiger charge is 2.58. The van der Waals surface area contributed by atoms with Gasteiger partial charge in [0.2, 0.25) is 0 Å². The summed E-state index contributed by atoms with van der Waals surface area (Å²) in [5.74, 6) is 0. The van der Waals surface area contributed by atoms with E-state index in [2.05, 4.69) is 36.5 Å². The number of nitrogens with one attached hydrogen (secondary N) is 2. The summed E-state index contributed by atoms with van der Waals surface area (Å²) in [5.41, 5.74) is 0.735. The Kier molecular flexibility index (Phi) is 3.77. The third kappa shape index (κ3) is 2.52. The van der Waals surface area contributed by atoms with E-state index < -0.39 is 0 Å². The minimum absolute atomic E-state index is 0.0760. The van der Waals surface area contributed by atoms with Gasteiger partial charge in [-0.15, -0.1) is 0 Å². The van der Waals surface area contributed by atoms with Crippen molar-refractivity contribution in [2.24, 2.45) is 12.5 Å². The number of hydrogen-bond acceptors (Lipinski definition) is 3. The molecule has 2 amide bonds. The minimum atomic E-state index is -0.172. The molecular formula is C14H24N4O2. The molecular weight excluding hydrogens is 256 g/mol. The molecule has 112 valence electrons. The summed E-state index contributed by atoms with van der Waals surface area (Å²) < 4.78 is 7.27. The number of methoxy groups -OCH3 is 1. The zero-order valence-electron chi connectivity index (χ0n) is 12.9. The molecule has 0 saturated heterocycles. The monoisotopic (exact) mass is 280 g/mol. The first kappa shape index (κ1) is 14.8. The van der Waals surface area contributed by atoms with E-state index in [1.165, 1.54) is 0 Å². The standard InChI is InChI=1S/C14H24N4O2/c1-13(2)11(6-14(13,3)20-5)17-12(19)15-7-10-8-16-18(4)9-10/h8-9,11H,6-7H2,1-5H3,(H2,15,17,19)/t11-,14+/m0/s1. The molecule has 0 radical (unpaired) electrons. The number of carbonyl (C=O) groups is 1. The maximum atomic E-state index is 11.9. The number of nitrogens with zero attached hydrogens (tertiary/aromatic N) is 2.